The lowest BCUT2D eigenvalue weighted by molar-refractivity contribution is -0.132. The summed E-state index contributed by atoms with van der Waals surface area (Å²) in [6.45, 7) is 2.62. The molecule has 4 rings (SSSR count). The molecule has 0 radical (unpaired) electrons. The van der Waals surface area contributed by atoms with Gasteiger partial charge in [0.2, 0.25) is 11.8 Å². The topological polar surface area (TPSA) is 70.0 Å². The molecule has 3 heterocycles. The molecule has 1 fully saturated rings. The molecular weight excluding hydrogens is 381 g/mol. The molecule has 7 nitrogen and oxygen atoms in total. The van der Waals surface area contributed by atoms with Crippen LogP contribution in [-0.4, -0.2) is 63.7 Å². The highest BCUT2D eigenvalue weighted by atomic mass is 32.1. The zero-order valence-corrected chi connectivity index (χ0v) is 16.0. The van der Waals surface area contributed by atoms with Gasteiger partial charge >= 0.3 is 0 Å². The van der Waals surface area contributed by atoms with E-state index in [0.717, 1.165) is 10.7 Å². The van der Waals surface area contributed by atoms with Crippen LogP contribution < -0.4 is 5.32 Å². The molecule has 28 heavy (non-hydrogen) atoms. The Hall–Kier alpha value is -2.78. The number of piperazine rings is 1. The smallest absolute Gasteiger partial charge is 0.238 e. The van der Waals surface area contributed by atoms with Crippen molar-refractivity contribution < 1.29 is 14.0 Å². The number of hydrogen-bond acceptors (Lipinski definition) is 5. The van der Waals surface area contributed by atoms with Gasteiger partial charge in [-0.2, -0.15) is 0 Å². The number of fused-ring (bicyclic) bond motifs is 1. The first kappa shape index (κ1) is 18.6. The number of rotatable bonds is 5. The highest BCUT2D eigenvalue weighted by molar-refractivity contribution is 7.15. The maximum atomic E-state index is 13.2. The van der Waals surface area contributed by atoms with Crippen LogP contribution in [0.15, 0.2) is 42.0 Å². The average molecular weight is 401 g/mol. The second-order valence-electron chi connectivity index (χ2n) is 6.72. The third kappa shape index (κ3) is 4.37. The van der Waals surface area contributed by atoms with E-state index in [-0.39, 0.29) is 30.6 Å². The van der Waals surface area contributed by atoms with Crippen LogP contribution in [0.5, 0.6) is 0 Å². The molecule has 146 valence electrons. The number of imidazole rings is 1. The molecule has 0 saturated carbocycles. The fourth-order valence-electron chi connectivity index (χ4n) is 3.25. The van der Waals surface area contributed by atoms with Gasteiger partial charge in [0.05, 0.1) is 18.7 Å². The summed E-state index contributed by atoms with van der Waals surface area (Å²) in [7, 11) is 0. The maximum absolute atomic E-state index is 13.2. The van der Waals surface area contributed by atoms with E-state index in [4.69, 9.17) is 0 Å². The highest BCUT2D eigenvalue weighted by Gasteiger charge is 2.23. The predicted molar refractivity (Wildman–Crippen MR) is 105 cm³/mol. The molecule has 2 amide bonds. The largest absolute Gasteiger partial charge is 0.340 e. The Balaban J connectivity index is 1.24. The average Bonchev–Trinajstić information content (AvgIpc) is 3.23. The minimum atomic E-state index is -0.387. The van der Waals surface area contributed by atoms with E-state index in [1.165, 1.54) is 23.5 Å². The minimum Gasteiger partial charge on any atom is -0.340 e. The van der Waals surface area contributed by atoms with Crippen LogP contribution >= 0.6 is 11.3 Å². The number of nitrogens with zero attached hydrogens (tertiary/aromatic N) is 4. The zero-order chi connectivity index (χ0) is 19.5. The standard InChI is InChI=1S/C19H20FN5O2S/c20-14-2-1-3-15(10-14)21-17(26)13-23-4-6-24(7-5-23)18(27)11-16-12-25-8-9-28-19(25)22-16/h1-3,8-10,12H,4-7,11,13H2,(H,21,26). The molecular formula is C19H20FN5O2S. The molecule has 0 aliphatic carbocycles. The van der Waals surface area contributed by atoms with Crippen LogP contribution in [0, 0.1) is 5.82 Å². The Kier molecular flexibility index (Phi) is 5.36. The van der Waals surface area contributed by atoms with E-state index in [9.17, 15) is 14.0 Å². The number of benzene rings is 1. The fourth-order valence-corrected chi connectivity index (χ4v) is 3.97. The third-order valence-electron chi connectivity index (χ3n) is 4.68. The number of nitrogens with one attached hydrogen (secondary N) is 1. The van der Waals surface area contributed by atoms with Gasteiger partial charge in [-0.05, 0) is 18.2 Å². The maximum Gasteiger partial charge on any atom is 0.238 e. The van der Waals surface area contributed by atoms with Gasteiger partial charge < -0.3 is 10.2 Å². The Morgan fingerprint density at radius 1 is 1.21 bits per heavy atom. The number of hydrogen-bond donors (Lipinski definition) is 1. The number of anilines is 1. The van der Waals surface area contributed by atoms with Crippen molar-refractivity contribution >= 4 is 33.8 Å². The van der Waals surface area contributed by atoms with Gasteiger partial charge in [0.25, 0.3) is 0 Å². The zero-order valence-electron chi connectivity index (χ0n) is 15.2. The van der Waals surface area contributed by atoms with Gasteiger partial charge in [-0.3, -0.25) is 18.9 Å². The van der Waals surface area contributed by atoms with Crippen LogP contribution in [0.4, 0.5) is 10.1 Å². The number of amides is 2. The Morgan fingerprint density at radius 2 is 2.04 bits per heavy atom. The van der Waals surface area contributed by atoms with E-state index in [1.807, 2.05) is 32.0 Å². The van der Waals surface area contributed by atoms with Crippen LogP contribution in [0.1, 0.15) is 5.69 Å². The lowest BCUT2D eigenvalue weighted by Gasteiger charge is -2.34. The van der Waals surface area contributed by atoms with Crippen LogP contribution in [-0.2, 0) is 16.0 Å². The second-order valence-corrected chi connectivity index (χ2v) is 7.59. The van der Waals surface area contributed by atoms with E-state index in [1.54, 1.807) is 12.1 Å². The molecule has 0 unspecified atom stereocenters. The van der Waals surface area contributed by atoms with Crippen LogP contribution in [0.25, 0.3) is 4.96 Å². The number of thiazole rings is 1. The lowest BCUT2D eigenvalue weighted by atomic mass is 10.2. The number of carbonyl (C=O) groups excluding carboxylic acids is 2. The number of aromatic nitrogens is 2. The summed E-state index contributed by atoms with van der Waals surface area (Å²) in [4.78, 5) is 33.8. The second kappa shape index (κ2) is 8.07. The van der Waals surface area contributed by atoms with Crippen molar-refractivity contribution in [3.63, 3.8) is 0 Å². The molecule has 0 atom stereocenters. The normalized spacial score (nSPS) is 15.1. The lowest BCUT2D eigenvalue weighted by Crippen LogP contribution is -2.50. The molecule has 1 saturated heterocycles. The summed E-state index contributed by atoms with van der Waals surface area (Å²) in [6.07, 6.45) is 4.10. The van der Waals surface area contributed by atoms with Crippen molar-refractivity contribution in [2.45, 2.75) is 6.42 Å². The van der Waals surface area contributed by atoms with Gasteiger partial charge in [0.1, 0.15) is 5.82 Å². The monoisotopic (exact) mass is 401 g/mol. The van der Waals surface area contributed by atoms with Crippen molar-refractivity contribution in [1.82, 2.24) is 19.2 Å². The molecule has 1 aliphatic rings. The van der Waals surface area contributed by atoms with E-state index in [2.05, 4.69) is 10.3 Å². The highest BCUT2D eigenvalue weighted by Crippen LogP contribution is 2.13. The van der Waals surface area contributed by atoms with Gasteiger partial charge in [-0.25, -0.2) is 9.37 Å². The van der Waals surface area contributed by atoms with E-state index >= 15 is 0 Å². The summed E-state index contributed by atoms with van der Waals surface area (Å²) in [5.74, 6) is -0.527. The number of halogens is 1. The van der Waals surface area contributed by atoms with Crippen molar-refractivity contribution in [2.75, 3.05) is 38.0 Å². The Morgan fingerprint density at radius 3 is 2.79 bits per heavy atom. The van der Waals surface area contributed by atoms with Crippen molar-refractivity contribution in [2.24, 2.45) is 0 Å². The van der Waals surface area contributed by atoms with Gasteiger partial charge in [0, 0.05) is 49.6 Å². The molecule has 1 aliphatic heterocycles. The molecule has 3 aromatic rings. The summed E-state index contributed by atoms with van der Waals surface area (Å²) in [5.41, 5.74) is 1.22. The SMILES string of the molecule is O=C(CN1CCN(C(=O)Cc2cn3ccsc3n2)CC1)Nc1cccc(F)c1. The van der Waals surface area contributed by atoms with Crippen molar-refractivity contribution in [3.05, 3.63) is 53.6 Å². The van der Waals surface area contributed by atoms with E-state index < -0.39 is 0 Å². The third-order valence-corrected chi connectivity index (χ3v) is 5.45. The van der Waals surface area contributed by atoms with E-state index in [0.29, 0.717) is 31.9 Å². The van der Waals surface area contributed by atoms with Crippen LogP contribution in [0.3, 0.4) is 0 Å². The Labute approximate surface area is 165 Å². The predicted octanol–water partition coefficient (Wildman–Crippen LogP) is 1.86. The summed E-state index contributed by atoms with van der Waals surface area (Å²) < 4.78 is 15.1. The molecule has 0 spiro atoms. The number of carbonyl (C=O) groups is 2. The van der Waals surface area contributed by atoms with Crippen LogP contribution in [0.2, 0.25) is 0 Å². The first-order valence-electron chi connectivity index (χ1n) is 9.03. The van der Waals surface area contributed by atoms with Crippen molar-refractivity contribution in [1.29, 1.82) is 0 Å². The summed E-state index contributed by atoms with van der Waals surface area (Å²) in [5, 5.41) is 4.65. The molecule has 0 bridgehead atoms. The quantitative estimate of drug-likeness (QED) is 0.709. The first-order valence-corrected chi connectivity index (χ1v) is 9.91. The summed E-state index contributed by atoms with van der Waals surface area (Å²) >= 11 is 1.54. The van der Waals surface area contributed by atoms with Gasteiger partial charge in [0.15, 0.2) is 4.96 Å². The van der Waals surface area contributed by atoms with Gasteiger partial charge in [-0.1, -0.05) is 6.07 Å². The van der Waals surface area contributed by atoms with Gasteiger partial charge in [-0.15, -0.1) is 11.3 Å². The minimum absolute atomic E-state index is 0.0506. The molecule has 1 N–H and O–H groups in total. The molecule has 1 aromatic carbocycles. The molecule has 9 heteroatoms. The Bertz CT molecular complexity index is 965. The first-order chi connectivity index (χ1) is 13.6. The molecule has 2 aromatic heterocycles. The van der Waals surface area contributed by atoms with Crippen molar-refractivity contribution in [3.8, 4) is 0 Å². The summed E-state index contributed by atoms with van der Waals surface area (Å²) in [6, 6.07) is 5.82. The fraction of sp³-hybridized carbons (Fsp3) is 0.316.